The second kappa shape index (κ2) is 9.45. The number of benzene rings is 1. The number of hydrogen-bond donors (Lipinski definition) is 0. The molecule has 144 valence electrons. The Balaban J connectivity index is 1.60. The van der Waals surface area contributed by atoms with Gasteiger partial charge in [-0.1, -0.05) is 23.7 Å². The van der Waals surface area contributed by atoms with E-state index in [1.54, 1.807) is 0 Å². The zero-order chi connectivity index (χ0) is 18.5. The zero-order valence-electron chi connectivity index (χ0n) is 15.5. The van der Waals surface area contributed by atoms with Gasteiger partial charge in [0, 0.05) is 30.6 Å². The standard InChI is InChI=1S/C20H29ClN2O2S/c1-22-12-9-19(16-5-7-18(21)8-6-16)17(13-22)14-26(25)15-20(24)23-10-3-2-4-11-23/h5-8,17,19H,2-4,9-15H2,1H3/t17-,19-,26?/m1/s1. The third kappa shape index (κ3) is 5.38. The molecule has 0 spiro atoms. The van der Waals surface area contributed by atoms with E-state index in [4.69, 9.17) is 11.6 Å². The third-order valence-corrected chi connectivity index (χ3v) is 7.25. The molecule has 0 bridgehead atoms. The van der Waals surface area contributed by atoms with Crippen LogP contribution in [0.4, 0.5) is 0 Å². The molecule has 2 aliphatic heterocycles. The second-order valence-electron chi connectivity index (χ2n) is 7.66. The minimum absolute atomic E-state index is 0.0650. The number of halogens is 1. The van der Waals surface area contributed by atoms with Crippen molar-refractivity contribution in [2.75, 3.05) is 44.7 Å². The highest BCUT2D eigenvalue weighted by Crippen LogP contribution is 2.34. The Morgan fingerprint density at radius 3 is 2.58 bits per heavy atom. The molecule has 0 radical (unpaired) electrons. The number of hydrogen-bond acceptors (Lipinski definition) is 3. The van der Waals surface area contributed by atoms with Crippen LogP contribution in [-0.2, 0) is 16.0 Å². The van der Waals surface area contributed by atoms with Gasteiger partial charge >= 0.3 is 0 Å². The molecule has 4 nitrogen and oxygen atoms in total. The van der Waals surface area contributed by atoms with Gasteiger partial charge in [0.15, 0.2) is 5.75 Å². The number of likely N-dealkylation sites (tertiary alicyclic amines) is 2. The summed E-state index contributed by atoms with van der Waals surface area (Å²) in [5.41, 5.74) is 1.27. The lowest BCUT2D eigenvalue weighted by Gasteiger charge is -2.37. The fraction of sp³-hybridized carbons (Fsp3) is 0.650. The summed E-state index contributed by atoms with van der Waals surface area (Å²) >= 11 is 4.92. The van der Waals surface area contributed by atoms with Crippen LogP contribution in [0.3, 0.4) is 0 Å². The molecule has 26 heavy (non-hydrogen) atoms. The molecule has 1 aromatic carbocycles. The summed E-state index contributed by atoms with van der Waals surface area (Å²) in [5, 5.41) is 0.744. The van der Waals surface area contributed by atoms with E-state index in [1.165, 1.54) is 12.0 Å². The molecule has 2 fully saturated rings. The molecule has 1 unspecified atom stereocenters. The van der Waals surface area contributed by atoms with Crippen LogP contribution < -0.4 is 0 Å². The average molecular weight is 397 g/mol. The van der Waals surface area contributed by atoms with E-state index in [0.717, 1.165) is 50.5 Å². The van der Waals surface area contributed by atoms with Gasteiger partial charge in [-0.05, 0) is 74.1 Å². The van der Waals surface area contributed by atoms with Crippen molar-refractivity contribution < 1.29 is 9.35 Å². The first-order chi connectivity index (χ1) is 12.5. The maximum absolute atomic E-state index is 12.7. The van der Waals surface area contributed by atoms with Gasteiger partial charge in [0.2, 0.25) is 0 Å². The van der Waals surface area contributed by atoms with Crippen LogP contribution in [0.25, 0.3) is 0 Å². The predicted molar refractivity (Wildman–Crippen MR) is 108 cm³/mol. The van der Waals surface area contributed by atoms with Crippen LogP contribution in [0.1, 0.15) is 37.2 Å². The molecule has 2 saturated heterocycles. The maximum atomic E-state index is 12.7. The van der Waals surface area contributed by atoms with Crippen molar-refractivity contribution in [3.8, 4) is 0 Å². The molecule has 3 atom stereocenters. The first-order valence-electron chi connectivity index (χ1n) is 9.59. The molecule has 1 amide bonds. The lowest BCUT2D eigenvalue weighted by molar-refractivity contribution is -0.129. The van der Waals surface area contributed by atoms with Crippen molar-refractivity contribution in [1.82, 2.24) is 9.80 Å². The van der Waals surface area contributed by atoms with E-state index >= 15 is 0 Å². The Kier molecular flexibility index (Phi) is 7.27. The zero-order valence-corrected chi connectivity index (χ0v) is 17.1. The number of carbonyl (C=O) groups excluding carboxylic acids is 1. The average Bonchev–Trinajstić information content (AvgIpc) is 2.63. The van der Waals surface area contributed by atoms with E-state index in [1.807, 2.05) is 17.0 Å². The first kappa shape index (κ1) is 20.0. The molecule has 0 aromatic heterocycles. The third-order valence-electron chi connectivity index (χ3n) is 5.63. The van der Waals surface area contributed by atoms with Gasteiger partial charge in [-0.2, -0.15) is 0 Å². The molecule has 1 aromatic rings. The fourth-order valence-electron chi connectivity index (χ4n) is 4.20. The van der Waals surface area contributed by atoms with E-state index in [-0.39, 0.29) is 11.7 Å². The number of amides is 1. The molecule has 0 aliphatic carbocycles. The van der Waals surface area contributed by atoms with Crippen molar-refractivity contribution in [2.45, 2.75) is 31.6 Å². The molecule has 2 heterocycles. The van der Waals surface area contributed by atoms with Gasteiger partial charge in [-0.3, -0.25) is 4.79 Å². The number of carbonyl (C=O) groups is 1. The summed E-state index contributed by atoms with van der Waals surface area (Å²) in [4.78, 5) is 16.6. The molecule has 3 rings (SSSR count). The van der Waals surface area contributed by atoms with Crippen LogP contribution >= 0.6 is 11.6 Å². The van der Waals surface area contributed by atoms with Crippen LogP contribution in [0.5, 0.6) is 0 Å². The Hall–Kier alpha value is -0.750. The lowest BCUT2D eigenvalue weighted by atomic mass is 9.81. The molecule has 2 aliphatic rings. The molecule has 0 N–H and O–H groups in total. The molecular weight excluding hydrogens is 368 g/mol. The van der Waals surface area contributed by atoms with E-state index in [0.29, 0.717) is 17.6 Å². The monoisotopic (exact) mass is 396 g/mol. The van der Waals surface area contributed by atoms with Crippen LogP contribution in [0.15, 0.2) is 24.3 Å². The van der Waals surface area contributed by atoms with Gasteiger partial charge in [0.05, 0.1) is 0 Å². The van der Waals surface area contributed by atoms with E-state index in [9.17, 15) is 9.35 Å². The van der Waals surface area contributed by atoms with Crippen molar-refractivity contribution in [1.29, 1.82) is 0 Å². The van der Waals surface area contributed by atoms with Crippen LogP contribution in [0.2, 0.25) is 5.02 Å². The van der Waals surface area contributed by atoms with Crippen molar-refractivity contribution in [3.05, 3.63) is 34.9 Å². The van der Waals surface area contributed by atoms with Gasteiger partial charge in [-0.25, -0.2) is 0 Å². The highest BCUT2D eigenvalue weighted by molar-refractivity contribution is 7.92. The summed E-state index contributed by atoms with van der Waals surface area (Å²) in [6, 6.07) is 8.05. The summed E-state index contributed by atoms with van der Waals surface area (Å²) in [6.45, 7) is 3.63. The fourth-order valence-corrected chi connectivity index (χ4v) is 5.72. The first-order valence-corrected chi connectivity index (χ1v) is 11.5. The van der Waals surface area contributed by atoms with E-state index < -0.39 is 11.2 Å². The Labute approximate surface area is 165 Å². The van der Waals surface area contributed by atoms with Crippen LogP contribution in [0, 0.1) is 5.92 Å². The summed E-state index contributed by atoms with van der Waals surface area (Å²) in [5.74, 6) is 1.53. The highest BCUT2D eigenvalue weighted by Gasteiger charge is 2.33. The van der Waals surface area contributed by atoms with Crippen molar-refractivity contribution in [2.24, 2.45) is 5.92 Å². The lowest BCUT2D eigenvalue weighted by Crippen LogP contribution is -2.43. The Morgan fingerprint density at radius 2 is 1.88 bits per heavy atom. The number of rotatable bonds is 5. The van der Waals surface area contributed by atoms with Gasteiger partial charge < -0.3 is 14.4 Å². The number of piperidine rings is 2. The summed E-state index contributed by atoms with van der Waals surface area (Å²) in [7, 11) is 2.12. The number of nitrogens with zero attached hydrogens (tertiary/aromatic N) is 2. The smallest absolute Gasteiger partial charge is 0.272 e. The largest absolute Gasteiger partial charge is 0.616 e. The Bertz CT molecular complexity index is 592. The molecular formula is C20H29ClN2O2S. The highest BCUT2D eigenvalue weighted by atomic mass is 35.5. The van der Waals surface area contributed by atoms with Crippen molar-refractivity contribution in [3.63, 3.8) is 0 Å². The van der Waals surface area contributed by atoms with Gasteiger partial charge in [0.25, 0.3) is 5.91 Å². The topological polar surface area (TPSA) is 46.6 Å². The van der Waals surface area contributed by atoms with Crippen LogP contribution in [-0.4, -0.2) is 65.0 Å². The second-order valence-corrected chi connectivity index (χ2v) is 9.60. The summed E-state index contributed by atoms with van der Waals surface area (Å²) < 4.78 is 12.7. The summed E-state index contributed by atoms with van der Waals surface area (Å²) in [6.07, 6.45) is 4.40. The van der Waals surface area contributed by atoms with Gasteiger partial charge in [-0.15, -0.1) is 0 Å². The quantitative estimate of drug-likeness (QED) is 0.718. The maximum Gasteiger partial charge on any atom is 0.272 e. The minimum Gasteiger partial charge on any atom is -0.616 e. The SMILES string of the molecule is CN1CC[C@H](c2ccc(Cl)cc2)[C@@H](C[S+]([O-])CC(=O)N2CCCCC2)C1. The minimum atomic E-state index is -1.11. The predicted octanol–water partition coefficient (Wildman–Crippen LogP) is 3.14. The Morgan fingerprint density at radius 1 is 1.19 bits per heavy atom. The van der Waals surface area contributed by atoms with Gasteiger partial charge in [0.1, 0.15) is 5.75 Å². The molecule has 0 saturated carbocycles. The molecule has 6 heteroatoms. The van der Waals surface area contributed by atoms with Crippen molar-refractivity contribution >= 4 is 28.7 Å². The normalized spacial score (nSPS) is 25.9. The van der Waals surface area contributed by atoms with E-state index in [2.05, 4.69) is 24.1 Å².